The Morgan fingerprint density at radius 1 is 1.00 bits per heavy atom. The average Bonchev–Trinajstić information content (AvgIpc) is 3.15. The zero-order valence-electron chi connectivity index (χ0n) is 18.0. The molecule has 0 amide bonds. The lowest BCUT2D eigenvalue weighted by atomic mass is 9.53. The first-order valence-electron chi connectivity index (χ1n) is 12.0. The van der Waals surface area contributed by atoms with Crippen LogP contribution in [0.5, 0.6) is 0 Å². The number of nitrogens with zero attached hydrogens (tertiary/aromatic N) is 3. The van der Waals surface area contributed by atoms with Gasteiger partial charge in [-0.15, -0.1) is 0 Å². The molecule has 2 N–H and O–H groups in total. The number of aryl methyl sites for hydroxylation is 1. The lowest BCUT2D eigenvalue weighted by Gasteiger charge is -2.57. The number of aromatic nitrogens is 3. The normalized spacial score (nSPS) is 33.0. The molecule has 0 spiro atoms. The third kappa shape index (κ3) is 3.48. The molecule has 0 aliphatic heterocycles. The van der Waals surface area contributed by atoms with Gasteiger partial charge < -0.3 is 15.2 Å². The molecule has 5 aliphatic carbocycles. The van der Waals surface area contributed by atoms with Crippen molar-refractivity contribution in [3.05, 3.63) is 18.1 Å². The minimum absolute atomic E-state index is 0.243. The first-order chi connectivity index (χ1) is 14.6. The van der Waals surface area contributed by atoms with Gasteiger partial charge in [-0.1, -0.05) is 24.4 Å². The molecule has 6 heteroatoms. The molecule has 6 nitrogen and oxygen atoms in total. The van der Waals surface area contributed by atoms with E-state index in [4.69, 9.17) is 9.51 Å². The largest absolute Gasteiger partial charge is 0.379 e. The summed E-state index contributed by atoms with van der Waals surface area (Å²) in [6.07, 6.45) is 16.7. The van der Waals surface area contributed by atoms with Crippen LogP contribution in [-0.2, 0) is 0 Å². The van der Waals surface area contributed by atoms with E-state index in [1.165, 1.54) is 70.6 Å². The van der Waals surface area contributed by atoms with Gasteiger partial charge in [0.15, 0.2) is 5.82 Å². The minimum atomic E-state index is 0.243. The fourth-order valence-electron chi connectivity index (χ4n) is 7.19. The summed E-state index contributed by atoms with van der Waals surface area (Å²) in [5, 5.41) is 11.8. The molecule has 0 saturated heterocycles. The van der Waals surface area contributed by atoms with Crippen molar-refractivity contribution in [1.82, 2.24) is 15.1 Å². The predicted octanol–water partition coefficient (Wildman–Crippen LogP) is 5.57. The molecule has 30 heavy (non-hydrogen) atoms. The van der Waals surface area contributed by atoms with E-state index in [0.717, 1.165) is 34.8 Å². The Labute approximate surface area is 178 Å². The Balaban J connectivity index is 1.31. The van der Waals surface area contributed by atoms with Gasteiger partial charge in [0.1, 0.15) is 5.82 Å². The van der Waals surface area contributed by atoms with Crippen LogP contribution in [0.25, 0.3) is 11.5 Å². The molecule has 160 valence electrons. The summed E-state index contributed by atoms with van der Waals surface area (Å²) in [7, 11) is 0. The van der Waals surface area contributed by atoms with Gasteiger partial charge in [0.05, 0.1) is 11.3 Å². The zero-order chi connectivity index (χ0) is 20.1. The van der Waals surface area contributed by atoms with E-state index < -0.39 is 0 Å². The van der Waals surface area contributed by atoms with Crippen LogP contribution in [0.1, 0.15) is 76.5 Å². The standard InChI is InChI=1S/C24H33N5O/c1-15-26-23(30-29-15)19-10-21(27-20-5-3-2-4-6-20)22(25-14-19)28-24-11-16-7-17(12-24)9-18(8-16)13-24/h10,14,16-18,20,27H,2-9,11-13H2,1H3,(H,25,28). The molecule has 0 unspecified atom stereocenters. The Hall–Kier alpha value is -2.11. The van der Waals surface area contributed by atoms with Crippen molar-refractivity contribution >= 4 is 11.5 Å². The van der Waals surface area contributed by atoms with Crippen molar-refractivity contribution in [1.29, 1.82) is 0 Å². The molecule has 0 atom stereocenters. The highest BCUT2D eigenvalue weighted by molar-refractivity contribution is 5.72. The van der Waals surface area contributed by atoms with Gasteiger partial charge in [0.25, 0.3) is 5.89 Å². The quantitative estimate of drug-likeness (QED) is 0.675. The van der Waals surface area contributed by atoms with Gasteiger partial charge >= 0.3 is 0 Å². The molecule has 5 saturated carbocycles. The molecule has 0 radical (unpaired) electrons. The van der Waals surface area contributed by atoms with E-state index in [2.05, 4.69) is 26.8 Å². The van der Waals surface area contributed by atoms with E-state index in [1.54, 1.807) is 0 Å². The third-order valence-electron chi connectivity index (χ3n) is 8.05. The number of rotatable bonds is 5. The van der Waals surface area contributed by atoms with Crippen LogP contribution < -0.4 is 10.6 Å². The van der Waals surface area contributed by atoms with E-state index in [1.807, 2.05) is 13.1 Å². The van der Waals surface area contributed by atoms with Crippen molar-refractivity contribution in [2.45, 2.75) is 89.1 Å². The van der Waals surface area contributed by atoms with Crippen LogP contribution in [-0.4, -0.2) is 26.7 Å². The third-order valence-corrected chi connectivity index (χ3v) is 8.05. The van der Waals surface area contributed by atoms with Crippen molar-refractivity contribution < 1.29 is 4.52 Å². The molecule has 2 aromatic rings. The number of hydrogen-bond donors (Lipinski definition) is 2. The van der Waals surface area contributed by atoms with Crippen molar-refractivity contribution in [3.8, 4) is 11.5 Å². The summed E-state index contributed by atoms with van der Waals surface area (Å²) in [4.78, 5) is 9.32. The second-order valence-corrected chi connectivity index (χ2v) is 10.6. The van der Waals surface area contributed by atoms with Crippen molar-refractivity contribution in [2.75, 3.05) is 10.6 Å². The van der Waals surface area contributed by atoms with Gasteiger partial charge in [0.2, 0.25) is 0 Å². The van der Waals surface area contributed by atoms with Crippen LogP contribution in [0.15, 0.2) is 16.8 Å². The van der Waals surface area contributed by atoms with Crippen molar-refractivity contribution in [2.24, 2.45) is 17.8 Å². The van der Waals surface area contributed by atoms with Gasteiger partial charge in [-0.3, -0.25) is 0 Å². The summed E-state index contributed by atoms with van der Waals surface area (Å²) in [5.74, 6) is 4.97. The Morgan fingerprint density at radius 2 is 1.70 bits per heavy atom. The van der Waals surface area contributed by atoms with Gasteiger partial charge in [-0.25, -0.2) is 4.98 Å². The molecule has 0 aromatic carbocycles. The highest BCUT2D eigenvalue weighted by Crippen LogP contribution is 2.56. The van der Waals surface area contributed by atoms with Crippen LogP contribution in [0.2, 0.25) is 0 Å². The van der Waals surface area contributed by atoms with E-state index in [0.29, 0.717) is 17.8 Å². The van der Waals surface area contributed by atoms with Crippen LogP contribution in [0.4, 0.5) is 11.5 Å². The van der Waals surface area contributed by atoms with Gasteiger partial charge in [-0.05, 0) is 82.1 Å². The molecule has 2 heterocycles. The summed E-state index contributed by atoms with van der Waals surface area (Å²) in [5.41, 5.74) is 2.24. The summed E-state index contributed by atoms with van der Waals surface area (Å²) >= 11 is 0. The van der Waals surface area contributed by atoms with Crippen LogP contribution in [0, 0.1) is 24.7 Å². The molecule has 4 bridgehead atoms. The Bertz CT molecular complexity index is 881. The SMILES string of the molecule is Cc1noc(-c2cnc(NC34CC5CC(CC(C5)C3)C4)c(NC3CCCCC3)c2)n1. The molecular weight excluding hydrogens is 374 g/mol. The number of nitrogens with one attached hydrogen (secondary N) is 2. The second-order valence-electron chi connectivity index (χ2n) is 10.6. The van der Waals surface area contributed by atoms with Crippen LogP contribution in [0.3, 0.4) is 0 Å². The molecule has 7 rings (SSSR count). The van der Waals surface area contributed by atoms with Crippen LogP contribution >= 0.6 is 0 Å². The van der Waals surface area contributed by atoms with Crippen molar-refractivity contribution in [3.63, 3.8) is 0 Å². The van der Waals surface area contributed by atoms with Gasteiger partial charge in [0, 0.05) is 17.8 Å². The predicted molar refractivity (Wildman–Crippen MR) is 117 cm³/mol. The number of pyridine rings is 1. The maximum absolute atomic E-state index is 5.42. The molecular formula is C24H33N5O. The summed E-state index contributed by atoms with van der Waals surface area (Å²) in [6.45, 7) is 1.85. The highest BCUT2D eigenvalue weighted by Gasteiger charge is 2.51. The van der Waals surface area contributed by atoms with E-state index in [-0.39, 0.29) is 5.54 Å². The second kappa shape index (κ2) is 7.24. The lowest BCUT2D eigenvalue weighted by Crippen LogP contribution is -2.55. The Kier molecular flexibility index (Phi) is 4.50. The first-order valence-corrected chi connectivity index (χ1v) is 12.0. The first kappa shape index (κ1) is 18.6. The fourth-order valence-corrected chi connectivity index (χ4v) is 7.19. The summed E-state index contributed by atoms with van der Waals surface area (Å²) < 4.78 is 5.42. The maximum Gasteiger partial charge on any atom is 0.259 e. The smallest absolute Gasteiger partial charge is 0.259 e. The number of anilines is 2. The molecule has 5 fully saturated rings. The molecule has 2 aromatic heterocycles. The highest BCUT2D eigenvalue weighted by atomic mass is 16.5. The fraction of sp³-hybridized carbons (Fsp3) is 0.708. The maximum atomic E-state index is 5.42. The average molecular weight is 408 g/mol. The zero-order valence-corrected chi connectivity index (χ0v) is 18.0. The monoisotopic (exact) mass is 407 g/mol. The number of hydrogen-bond acceptors (Lipinski definition) is 6. The molecule has 5 aliphatic rings. The van der Waals surface area contributed by atoms with E-state index >= 15 is 0 Å². The topological polar surface area (TPSA) is 75.9 Å². The lowest BCUT2D eigenvalue weighted by molar-refractivity contribution is 0.0106. The minimum Gasteiger partial charge on any atom is -0.379 e. The Morgan fingerprint density at radius 3 is 2.33 bits per heavy atom. The van der Waals surface area contributed by atoms with E-state index in [9.17, 15) is 0 Å². The van der Waals surface area contributed by atoms with Gasteiger partial charge in [-0.2, -0.15) is 4.98 Å². The summed E-state index contributed by atoms with van der Waals surface area (Å²) in [6, 6.07) is 2.69.